The van der Waals surface area contributed by atoms with Crippen LogP contribution in [0.4, 0.5) is 13.6 Å². The molecule has 1 aromatic carbocycles. The molecule has 4 nitrogen and oxygen atoms in total. The fourth-order valence-electron chi connectivity index (χ4n) is 1.71. The smallest absolute Gasteiger partial charge is 0.324 e. The van der Waals surface area contributed by atoms with E-state index in [0.717, 1.165) is 34.9 Å². The number of benzene rings is 1. The van der Waals surface area contributed by atoms with Crippen molar-refractivity contribution < 1.29 is 18.4 Å². The van der Waals surface area contributed by atoms with Crippen LogP contribution in [0.25, 0.3) is 0 Å². The third-order valence-corrected chi connectivity index (χ3v) is 3.79. The standard InChI is InChI=1S/C12H12F2N2O2S/c1-7(11(17)16-5-4-15-12(16)18)19-10-6-8(13)2-3-9(10)14/h2-3,6-7H,4-5H2,1H3,(H,15,18). The van der Waals surface area contributed by atoms with Gasteiger partial charge >= 0.3 is 6.03 Å². The Hall–Kier alpha value is -1.63. The van der Waals surface area contributed by atoms with Gasteiger partial charge in [0, 0.05) is 18.0 Å². The molecular formula is C12H12F2N2O2S. The molecule has 0 aromatic heterocycles. The largest absolute Gasteiger partial charge is 0.336 e. The summed E-state index contributed by atoms with van der Waals surface area (Å²) in [5.41, 5.74) is 0. The number of imide groups is 1. The Bertz CT molecular complexity index is 524. The van der Waals surface area contributed by atoms with E-state index in [2.05, 4.69) is 5.32 Å². The molecule has 0 aliphatic carbocycles. The Labute approximate surface area is 113 Å². The van der Waals surface area contributed by atoms with Crippen LogP contribution in [0.3, 0.4) is 0 Å². The van der Waals surface area contributed by atoms with E-state index >= 15 is 0 Å². The summed E-state index contributed by atoms with van der Waals surface area (Å²) in [6.07, 6.45) is 0. The fourth-order valence-corrected chi connectivity index (χ4v) is 2.68. The second kappa shape index (κ2) is 5.56. The number of carbonyl (C=O) groups is 2. The zero-order valence-corrected chi connectivity index (χ0v) is 11.0. The predicted octanol–water partition coefficient (Wildman–Crippen LogP) is 2.00. The molecular weight excluding hydrogens is 274 g/mol. The van der Waals surface area contributed by atoms with E-state index in [1.807, 2.05) is 0 Å². The van der Waals surface area contributed by atoms with E-state index in [9.17, 15) is 18.4 Å². The number of carbonyl (C=O) groups excluding carboxylic acids is 2. The van der Waals surface area contributed by atoms with Gasteiger partial charge in [-0.3, -0.25) is 9.69 Å². The van der Waals surface area contributed by atoms with Gasteiger partial charge in [-0.1, -0.05) is 0 Å². The van der Waals surface area contributed by atoms with Crippen LogP contribution >= 0.6 is 11.8 Å². The minimum atomic E-state index is -0.667. The molecule has 2 rings (SSSR count). The lowest BCUT2D eigenvalue weighted by Crippen LogP contribution is -2.38. The summed E-state index contributed by atoms with van der Waals surface area (Å²) in [6, 6.07) is 2.61. The maximum absolute atomic E-state index is 13.5. The molecule has 1 N–H and O–H groups in total. The van der Waals surface area contributed by atoms with Crippen LogP contribution in [0.15, 0.2) is 23.1 Å². The molecule has 0 bridgehead atoms. The first-order valence-corrected chi connectivity index (χ1v) is 6.58. The van der Waals surface area contributed by atoms with Gasteiger partial charge in [-0.25, -0.2) is 13.6 Å². The summed E-state index contributed by atoms with van der Waals surface area (Å²) in [7, 11) is 0. The zero-order chi connectivity index (χ0) is 14.0. The van der Waals surface area contributed by atoms with Gasteiger partial charge in [0.2, 0.25) is 5.91 Å². The highest BCUT2D eigenvalue weighted by Gasteiger charge is 2.30. The molecule has 19 heavy (non-hydrogen) atoms. The first-order valence-electron chi connectivity index (χ1n) is 5.70. The molecule has 3 amide bonds. The summed E-state index contributed by atoms with van der Waals surface area (Å²) in [6.45, 7) is 2.27. The maximum Gasteiger partial charge on any atom is 0.324 e. The number of halogens is 2. The number of hydrogen-bond acceptors (Lipinski definition) is 3. The van der Waals surface area contributed by atoms with Gasteiger partial charge in [0.25, 0.3) is 0 Å². The van der Waals surface area contributed by atoms with Crippen molar-refractivity contribution in [1.29, 1.82) is 0 Å². The highest BCUT2D eigenvalue weighted by molar-refractivity contribution is 8.00. The van der Waals surface area contributed by atoms with Gasteiger partial charge in [0.05, 0.1) is 5.25 Å². The van der Waals surface area contributed by atoms with E-state index in [4.69, 9.17) is 0 Å². The predicted molar refractivity (Wildman–Crippen MR) is 66.8 cm³/mol. The lowest BCUT2D eigenvalue weighted by molar-refractivity contribution is -0.126. The molecule has 0 radical (unpaired) electrons. The number of rotatable bonds is 3. The molecule has 1 atom stereocenters. The monoisotopic (exact) mass is 286 g/mol. The molecule has 7 heteroatoms. The Morgan fingerprint density at radius 1 is 1.47 bits per heavy atom. The summed E-state index contributed by atoms with van der Waals surface area (Å²) in [4.78, 5) is 24.5. The number of nitrogens with one attached hydrogen (secondary N) is 1. The first kappa shape index (κ1) is 13.8. The molecule has 1 heterocycles. The quantitative estimate of drug-likeness (QED) is 0.865. The SMILES string of the molecule is CC(Sc1cc(F)ccc1F)C(=O)N1CCNC1=O. The van der Waals surface area contributed by atoms with Gasteiger partial charge in [0.15, 0.2) is 0 Å². The molecule has 1 unspecified atom stereocenters. The van der Waals surface area contributed by atoms with Crippen LogP contribution in [0.5, 0.6) is 0 Å². The Morgan fingerprint density at radius 2 is 2.21 bits per heavy atom. The summed E-state index contributed by atoms with van der Waals surface area (Å²) in [5, 5.41) is 1.85. The summed E-state index contributed by atoms with van der Waals surface area (Å²) in [5.74, 6) is -1.57. The molecule has 0 spiro atoms. The van der Waals surface area contributed by atoms with Gasteiger partial charge in [-0.15, -0.1) is 11.8 Å². The summed E-state index contributed by atoms with van der Waals surface area (Å²) < 4.78 is 26.5. The number of thioether (sulfide) groups is 1. The molecule has 1 fully saturated rings. The third-order valence-electron chi connectivity index (χ3n) is 2.67. The first-order chi connectivity index (χ1) is 8.99. The third kappa shape index (κ3) is 3.04. The van der Waals surface area contributed by atoms with E-state index < -0.39 is 28.8 Å². The molecule has 1 aliphatic rings. The molecule has 1 aromatic rings. The highest BCUT2D eigenvalue weighted by Crippen LogP contribution is 2.28. The van der Waals surface area contributed by atoms with E-state index in [-0.39, 0.29) is 4.90 Å². The Morgan fingerprint density at radius 3 is 2.84 bits per heavy atom. The van der Waals surface area contributed by atoms with E-state index in [1.54, 1.807) is 6.92 Å². The van der Waals surface area contributed by atoms with Crippen LogP contribution in [0, 0.1) is 11.6 Å². The van der Waals surface area contributed by atoms with Crippen molar-refractivity contribution in [2.45, 2.75) is 17.1 Å². The maximum atomic E-state index is 13.5. The number of nitrogens with zero attached hydrogens (tertiary/aromatic N) is 1. The molecule has 1 aliphatic heterocycles. The van der Waals surface area contributed by atoms with Crippen molar-refractivity contribution in [3.63, 3.8) is 0 Å². The number of hydrogen-bond donors (Lipinski definition) is 1. The van der Waals surface area contributed by atoms with Gasteiger partial charge in [-0.2, -0.15) is 0 Å². The van der Waals surface area contributed by atoms with Crippen molar-refractivity contribution in [2.24, 2.45) is 0 Å². The molecule has 102 valence electrons. The normalized spacial score (nSPS) is 16.4. The van der Waals surface area contributed by atoms with Crippen LogP contribution in [0.2, 0.25) is 0 Å². The van der Waals surface area contributed by atoms with Crippen molar-refractivity contribution >= 4 is 23.7 Å². The van der Waals surface area contributed by atoms with Crippen LogP contribution in [-0.4, -0.2) is 35.2 Å². The lowest BCUT2D eigenvalue weighted by atomic mass is 10.3. The van der Waals surface area contributed by atoms with E-state index in [0.29, 0.717) is 13.1 Å². The van der Waals surface area contributed by atoms with Gasteiger partial charge < -0.3 is 5.32 Å². The van der Waals surface area contributed by atoms with Gasteiger partial charge in [-0.05, 0) is 25.1 Å². The lowest BCUT2D eigenvalue weighted by Gasteiger charge is -2.17. The molecule has 1 saturated heterocycles. The Kier molecular flexibility index (Phi) is 4.04. The second-order valence-electron chi connectivity index (χ2n) is 4.06. The van der Waals surface area contributed by atoms with Crippen molar-refractivity contribution in [1.82, 2.24) is 10.2 Å². The topological polar surface area (TPSA) is 49.4 Å². The van der Waals surface area contributed by atoms with Gasteiger partial charge in [0.1, 0.15) is 11.6 Å². The molecule has 0 saturated carbocycles. The number of urea groups is 1. The average Bonchev–Trinajstić information content (AvgIpc) is 2.79. The number of amides is 3. The van der Waals surface area contributed by atoms with Crippen molar-refractivity contribution in [3.8, 4) is 0 Å². The summed E-state index contributed by atoms with van der Waals surface area (Å²) >= 11 is 0.895. The fraction of sp³-hybridized carbons (Fsp3) is 0.333. The minimum absolute atomic E-state index is 0.0560. The van der Waals surface area contributed by atoms with Crippen molar-refractivity contribution in [2.75, 3.05) is 13.1 Å². The Balaban J connectivity index is 2.08. The minimum Gasteiger partial charge on any atom is -0.336 e. The average molecular weight is 286 g/mol. The highest BCUT2D eigenvalue weighted by atomic mass is 32.2. The second-order valence-corrected chi connectivity index (χ2v) is 5.44. The van der Waals surface area contributed by atoms with Crippen molar-refractivity contribution in [3.05, 3.63) is 29.8 Å². The van der Waals surface area contributed by atoms with Crippen LogP contribution < -0.4 is 5.32 Å². The zero-order valence-electron chi connectivity index (χ0n) is 10.2. The van der Waals surface area contributed by atoms with Crippen LogP contribution in [-0.2, 0) is 4.79 Å². The van der Waals surface area contributed by atoms with Crippen LogP contribution in [0.1, 0.15) is 6.92 Å². The van der Waals surface area contributed by atoms with E-state index in [1.165, 1.54) is 0 Å².